The molecule has 0 saturated heterocycles. The maximum atomic E-state index is 10.7. The van der Waals surface area contributed by atoms with E-state index < -0.39 is 5.91 Å². The Morgan fingerprint density at radius 3 is 2.90 bits per heavy atom. The van der Waals surface area contributed by atoms with Crippen molar-refractivity contribution in [1.29, 1.82) is 0 Å². The van der Waals surface area contributed by atoms with Crippen LogP contribution in [0, 0.1) is 0 Å². The summed E-state index contributed by atoms with van der Waals surface area (Å²) in [5, 5.41) is 3.23. The lowest BCUT2D eigenvalue weighted by Gasteiger charge is -2.12. The van der Waals surface area contributed by atoms with Crippen LogP contribution in [-0.4, -0.2) is 24.6 Å². The fraction of sp³-hybridized carbons (Fsp3) is 0.231. The first-order chi connectivity index (χ1) is 10.1. The van der Waals surface area contributed by atoms with Gasteiger partial charge in [-0.15, -0.1) is 11.3 Å². The number of ether oxygens (including phenoxy) is 2. The molecule has 3 N–H and O–H groups in total. The molecule has 8 heteroatoms. The molecule has 0 aliphatic heterocycles. The summed E-state index contributed by atoms with van der Waals surface area (Å²) in [6.07, 6.45) is 1.72. The van der Waals surface area contributed by atoms with E-state index in [0.29, 0.717) is 22.5 Å². The van der Waals surface area contributed by atoms with E-state index in [1.54, 1.807) is 18.3 Å². The molecule has 0 fully saturated rings. The van der Waals surface area contributed by atoms with E-state index in [1.165, 1.54) is 18.4 Å². The SMILES string of the molecule is COc1cc(NCc2cnc(Cl)s2)ccc1OCC(N)=O. The van der Waals surface area contributed by atoms with Crippen molar-refractivity contribution in [1.82, 2.24) is 4.98 Å². The number of rotatable bonds is 7. The Kier molecular flexibility index (Phi) is 5.24. The van der Waals surface area contributed by atoms with Gasteiger partial charge < -0.3 is 20.5 Å². The predicted molar refractivity (Wildman–Crippen MR) is 82.1 cm³/mol. The molecule has 0 bridgehead atoms. The van der Waals surface area contributed by atoms with Crippen molar-refractivity contribution in [3.8, 4) is 11.5 Å². The van der Waals surface area contributed by atoms with Crippen molar-refractivity contribution >= 4 is 34.5 Å². The van der Waals surface area contributed by atoms with Gasteiger partial charge in [0.05, 0.1) is 13.7 Å². The lowest BCUT2D eigenvalue weighted by molar-refractivity contribution is -0.119. The average Bonchev–Trinajstić information content (AvgIpc) is 2.88. The lowest BCUT2D eigenvalue weighted by Crippen LogP contribution is -2.20. The summed E-state index contributed by atoms with van der Waals surface area (Å²) in [5.74, 6) is 0.438. The Balaban J connectivity index is 2.02. The molecule has 0 saturated carbocycles. The third-order valence-electron chi connectivity index (χ3n) is 2.53. The van der Waals surface area contributed by atoms with E-state index in [2.05, 4.69) is 10.3 Å². The zero-order chi connectivity index (χ0) is 15.2. The molecule has 0 aliphatic carbocycles. The van der Waals surface area contributed by atoms with E-state index in [-0.39, 0.29) is 6.61 Å². The van der Waals surface area contributed by atoms with E-state index in [9.17, 15) is 4.79 Å². The molecule has 0 spiro atoms. The third kappa shape index (κ3) is 4.51. The Bertz CT molecular complexity index is 633. The van der Waals surface area contributed by atoms with Gasteiger partial charge in [-0.05, 0) is 12.1 Å². The molecule has 112 valence electrons. The summed E-state index contributed by atoms with van der Waals surface area (Å²) in [7, 11) is 1.53. The molecule has 21 heavy (non-hydrogen) atoms. The second kappa shape index (κ2) is 7.14. The summed E-state index contributed by atoms with van der Waals surface area (Å²) < 4.78 is 11.0. The van der Waals surface area contributed by atoms with Crippen LogP contribution in [0.3, 0.4) is 0 Å². The van der Waals surface area contributed by atoms with Crippen LogP contribution in [0.25, 0.3) is 0 Å². The molecule has 0 unspecified atom stereocenters. The molecule has 1 aromatic carbocycles. The van der Waals surface area contributed by atoms with Crippen molar-refractivity contribution in [3.05, 3.63) is 33.7 Å². The third-order valence-corrected chi connectivity index (χ3v) is 3.64. The highest BCUT2D eigenvalue weighted by Crippen LogP contribution is 2.30. The molecule has 0 radical (unpaired) electrons. The molecule has 2 aromatic rings. The molecule has 0 atom stereocenters. The summed E-state index contributed by atoms with van der Waals surface area (Å²) >= 11 is 7.19. The van der Waals surface area contributed by atoms with Crippen LogP contribution in [0.15, 0.2) is 24.4 Å². The number of halogens is 1. The first-order valence-corrected chi connectivity index (χ1v) is 7.21. The van der Waals surface area contributed by atoms with Gasteiger partial charge >= 0.3 is 0 Å². The van der Waals surface area contributed by atoms with Crippen molar-refractivity contribution in [2.45, 2.75) is 6.54 Å². The van der Waals surface area contributed by atoms with E-state index >= 15 is 0 Å². The van der Waals surface area contributed by atoms with Gasteiger partial charge in [0.25, 0.3) is 5.91 Å². The summed E-state index contributed by atoms with van der Waals surface area (Å²) in [5.41, 5.74) is 5.89. The minimum atomic E-state index is -0.540. The maximum Gasteiger partial charge on any atom is 0.255 e. The fourth-order valence-corrected chi connectivity index (χ4v) is 2.52. The average molecular weight is 328 g/mol. The number of carbonyl (C=O) groups is 1. The van der Waals surface area contributed by atoms with Gasteiger partial charge in [0.1, 0.15) is 0 Å². The van der Waals surface area contributed by atoms with Gasteiger partial charge in [0.15, 0.2) is 22.6 Å². The van der Waals surface area contributed by atoms with Crippen molar-refractivity contribution in [2.75, 3.05) is 19.0 Å². The largest absolute Gasteiger partial charge is 0.493 e. The number of aromatic nitrogens is 1. The number of hydrogen-bond acceptors (Lipinski definition) is 6. The Morgan fingerprint density at radius 1 is 1.48 bits per heavy atom. The van der Waals surface area contributed by atoms with Crippen molar-refractivity contribution < 1.29 is 14.3 Å². The molecule has 2 rings (SSSR count). The van der Waals surface area contributed by atoms with E-state index in [1.807, 2.05) is 6.07 Å². The van der Waals surface area contributed by atoms with Crippen molar-refractivity contribution in [2.24, 2.45) is 5.73 Å². The number of carbonyl (C=O) groups excluding carboxylic acids is 1. The van der Waals surface area contributed by atoms with Gasteiger partial charge in [0, 0.05) is 22.8 Å². The van der Waals surface area contributed by atoms with Crippen LogP contribution >= 0.6 is 22.9 Å². The highest BCUT2D eigenvalue weighted by Gasteiger charge is 2.07. The highest BCUT2D eigenvalue weighted by molar-refractivity contribution is 7.15. The normalized spacial score (nSPS) is 10.2. The number of anilines is 1. The van der Waals surface area contributed by atoms with Gasteiger partial charge in [-0.2, -0.15) is 0 Å². The van der Waals surface area contributed by atoms with Crippen LogP contribution < -0.4 is 20.5 Å². The number of nitrogens with one attached hydrogen (secondary N) is 1. The first kappa shape index (κ1) is 15.4. The fourth-order valence-electron chi connectivity index (χ4n) is 1.60. The van der Waals surface area contributed by atoms with Gasteiger partial charge in [-0.1, -0.05) is 11.6 Å². The number of methoxy groups -OCH3 is 1. The summed E-state index contributed by atoms with van der Waals surface area (Å²) in [6, 6.07) is 5.31. The van der Waals surface area contributed by atoms with Crippen molar-refractivity contribution in [3.63, 3.8) is 0 Å². The monoisotopic (exact) mass is 327 g/mol. The minimum Gasteiger partial charge on any atom is -0.493 e. The number of hydrogen-bond donors (Lipinski definition) is 2. The van der Waals surface area contributed by atoms with Crippen LogP contribution in [0.5, 0.6) is 11.5 Å². The van der Waals surface area contributed by atoms with E-state index in [4.69, 9.17) is 26.8 Å². The lowest BCUT2D eigenvalue weighted by atomic mass is 10.2. The summed E-state index contributed by atoms with van der Waals surface area (Å²) in [4.78, 5) is 15.7. The second-order valence-electron chi connectivity index (χ2n) is 4.05. The molecule has 1 heterocycles. The molecule has 0 aliphatic rings. The Morgan fingerprint density at radius 2 is 2.29 bits per heavy atom. The topological polar surface area (TPSA) is 86.5 Å². The molecule has 1 aromatic heterocycles. The predicted octanol–water partition coefficient (Wildman–Crippen LogP) is 2.28. The standard InChI is InChI=1S/C13H14ClN3O3S/c1-19-11-4-8(2-3-10(11)20-7-12(15)18)16-5-9-6-17-13(14)21-9/h2-4,6,16H,5,7H2,1H3,(H2,15,18). The molecular weight excluding hydrogens is 314 g/mol. The maximum absolute atomic E-state index is 10.7. The van der Waals surface area contributed by atoms with E-state index in [0.717, 1.165) is 10.6 Å². The number of nitrogens with zero attached hydrogens (tertiary/aromatic N) is 1. The van der Waals surface area contributed by atoms with Gasteiger partial charge in [-0.3, -0.25) is 4.79 Å². The van der Waals surface area contributed by atoms with Gasteiger partial charge in [-0.25, -0.2) is 4.98 Å². The minimum absolute atomic E-state index is 0.192. The molecule has 6 nitrogen and oxygen atoms in total. The Labute approximate surface area is 130 Å². The van der Waals surface area contributed by atoms with Gasteiger partial charge in [0.2, 0.25) is 0 Å². The van der Waals surface area contributed by atoms with Crippen LogP contribution in [0.1, 0.15) is 4.88 Å². The highest BCUT2D eigenvalue weighted by atomic mass is 35.5. The quantitative estimate of drug-likeness (QED) is 0.814. The zero-order valence-electron chi connectivity index (χ0n) is 11.3. The number of benzene rings is 1. The van der Waals surface area contributed by atoms with Crippen LogP contribution in [0.2, 0.25) is 4.47 Å². The molecular formula is C13H14ClN3O3S. The molecule has 1 amide bonds. The smallest absolute Gasteiger partial charge is 0.255 e. The van der Waals surface area contributed by atoms with Crippen LogP contribution in [0.4, 0.5) is 5.69 Å². The number of primary amides is 1. The number of thiazole rings is 1. The zero-order valence-corrected chi connectivity index (χ0v) is 12.8. The van der Waals surface area contributed by atoms with Crippen LogP contribution in [-0.2, 0) is 11.3 Å². The summed E-state index contributed by atoms with van der Waals surface area (Å²) in [6.45, 7) is 0.414. The Hall–Kier alpha value is -1.99. The number of nitrogens with two attached hydrogens (primary N) is 1. The first-order valence-electron chi connectivity index (χ1n) is 6.01. The number of amides is 1. The second-order valence-corrected chi connectivity index (χ2v) is 5.75.